The molecule has 0 radical (unpaired) electrons. The van der Waals surface area contributed by atoms with Gasteiger partial charge in [0, 0.05) is 24.7 Å². The minimum atomic E-state index is -1.34. The normalized spacial score (nSPS) is 21.5. The second-order valence-corrected chi connectivity index (χ2v) is 9.79. The summed E-state index contributed by atoms with van der Waals surface area (Å²) in [5.41, 5.74) is -0.0512. The predicted molar refractivity (Wildman–Crippen MR) is 121 cm³/mol. The SMILES string of the molecule is N=Cc1c(NC2CCCCC2)nc(C2CCCN([S+]([O-])c3ccc(O)cc3)C2)[nH]c1=O. The van der Waals surface area contributed by atoms with Crippen LogP contribution in [0.15, 0.2) is 34.0 Å². The van der Waals surface area contributed by atoms with Crippen molar-refractivity contribution in [1.29, 1.82) is 5.41 Å². The van der Waals surface area contributed by atoms with Gasteiger partial charge in [-0.05, 0) is 49.9 Å². The number of anilines is 1. The summed E-state index contributed by atoms with van der Waals surface area (Å²) < 4.78 is 14.9. The maximum Gasteiger partial charge on any atom is 0.261 e. The van der Waals surface area contributed by atoms with Crippen molar-refractivity contribution in [2.24, 2.45) is 0 Å². The van der Waals surface area contributed by atoms with Crippen LogP contribution < -0.4 is 10.9 Å². The van der Waals surface area contributed by atoms with E-state index >= 15 is 0 Å². The van der Waals surface area contributed by atoms with Gasteiger partial charge in [-0.3, -0.25) is 4.79 Å². The molecule has 2 heterocycles. The summed E-state index contributed by atoms with van der Waals surface area (Å²) in [5, 5.41) is 20.5. The average Bonchev–Trinajstić information content (AvgIpc) is 2.80. The molecule has 0 bridgehead atoms. The quantitative estimate of drug-likeness (QED) is 0.401. The third-order valence-electron chi connectivity index (χ3n) is 6.11. The van der Waals surface area contributed by atoms with E-state index in [0.29, 0.717) is 29.6 Å². The second-order valence-electron chi connectivity index (χ2n) is 8.31. The van der Waals surface area contributed by atoms with E-state index in [1.165, 1.54) is 18.6 Å². The number of hydrogen-bond acceptors (Lipinski definition) is 7. The standard InChI is InChI=1S/C22H29N5O3S/c23-13-19-21(24-16-6-2-1-3-7-16)25-20(26-22(19)29)15-5-4-12-27(14-15)31(30)18-10-8-17(28)9-11-18/h8-11,13,15-16,23,28H,1-7,12,14H2,(H2,24,25,26,29). The van der Waals surface area contributed by atoms with Crippen LogP contribution in [0.5, 0.6) is 5.75 Å². The highest BCUT2D eigenvalue weighted by molar-refractivity contribution is 7.89. The van der Waals surface area contributed by atoms with Crippen molar-refractivity contribution in [3.63, 3.8) is 0 Å². The number of H-pyrrole nitrogens is 1. The maximum absolute atomic E-state index is 13.0. The Balaban J connectivity index is 1.54. The number of rotatable bonds is 6. The Morgan fingerprint density at radius 2 is 1.94 bits per heavy atom. The first-order valence-electron chi connectivity index (χ1n) is 10.9. The maximum atomic E-state index is 13.0. The van der Waals surface area contributed by atoms with Crippen LogP contribution in [0.25, 0.3) is 0 Å². The number of benzene rings is 1. The zero-order valence-corrected chi connectivity index (χ0v) is 18.3. The van der Waals surface area contributed by atoms with Crippen LogP contribution in [-0.4, -0.2) is 49.3 Å². The molecule has 0 spiro atoms. The predicted octanol–water partition coefficient (Wildman–Crippen LogP) is 3.12. The fourth-order valence-electron chi connectivity index (χ4n) is 4.41. The van der Waals surface area contributed by atoms with Gasteiger partial charge in [-0.15, -0.1) is 4.31 Å². The van der Waals surface area contributed by atoms with Gasteiger partial charge in [0.2, 0.25) is 0 Å². The van der Waals surface area contributed by atoms with E-state index in [2.05, 4.69) is 10.3 Å². The number of phenols is 1. The number of hydrogen-bond donors (Lipinski definition) is 4. The van der Waals surface area contributed by atoms with E-state index in [1.807, 2.05) is 4.31 Å². The van der Waals surface area contributed by atoms with E-state index < -0.39 is 11.4 Å². The van der Waals surface area contributed by atoms with Gasteiger partial charge < -0.3 is 25.4 Å². The second kappa shape index (κ2) is 9.84. The molecular formula is C22H29N5O3S. The molecule has 2 aromatic rings. The lowest BCUT2D eigenvalue weighted by atomic mass is 9.95. The molecule has 1 saturated carbocycles. The summed E-state index contributed by atoms with van der Waals surface area (Å²) in [6.45, 7) is 1.21. The lowest BCUT2D eigenvalue weighted by Gasteiger charge is -2.32. The van der Waals surface area contributed by atoms with Gasteiger partial charge in [-0.1, -0.05) is 19.3 Å². The van der Waals surface area contributed by atoms with Crippen molar-refractivity contribution in [3.8, 4) is 5.75 Å². The molecule has 9 heteroatoms. The molecule has 4 N–H and O–H groups in total. The van der Waals surface area contributed by atoms with Crippen LogP contribution in [0.2, 0.25) is 0 Å². The number of phenolic OH excluding ortho intramolecular Hbond substituents is 1. The summed E-state index contributed by atoms with van der Waals surface area (Å²) in [7, 11) is 0. The average molecular weight is 444 g/mol. The van der Waals surface area contributed by atoms with Crippen molar-refractivity contribution in [3.05, 3.63) is 46.0 Å². The monoisotopic (exact) mass is 443 g/mol. The summed E-state index contributed by atoms with van der Waals surface area (Å²) in [5.74, 6) is 1.16. The molecule has 4 rings (SSSR count). The lowest BCUT2D eigenvalue weighted by Crippen LogP contribution is -2.40. The fourth-order valence-corrected chi connectivity index (χ4v) is 5.68. The van der Waals surface area contributed by atoms with Crippen LogP contribution in [0.4, 0.5) is 5.82 Å². The third kappa shape index (κ3) is 5.11. The molecule has 1 aliphatic heterocycles. The topological polar surface area (TPSA) is 128 Å². The Bertz CT molecular complexity index is 959. The molecule has 166 valence electrons. The molecule has 1 aromatic carbocycles. The highest BCUT2D eigenvalue weighted by Gasteiger charge is 2.32. The minimum Gasteiger partial charge on any atom is -0.593 e. The Kier molecular flexibility index (Phi) is 6.94. The van der Waals surface area contributed by atoms with Crippen molar-refractivity contribution >= 4 is 23.4 Å². The summed E-state index contributed by atoms with van der Waals surface area (Å²) in [4.78, 5) is 20.9. The van der Waals surface area contributed by atoms with Gasteiger partial charge in [0.1, 0.15) is 17.4 Å². The van der Waals surface area contributed by atoms with E-state index in [1.54, 1.807) is 12.1 Å². The highest BCUT2D eigenvalue weighted by Crippen LogP contribution is 2.30. The molecule has 2 unspecified atom stereocenters. The Hall–Kier alpha value is -2.36. The number of nitrogens with zero attached hydrogens (tertiary/aromatic N) is 2. The minimum absolute atomic E-state index is 0.0470. The van der Waals surface area contributed by atoms with Crippen molar-refractivity contribution in [2.75, 3.05) is 18.4 Å². The fraction of sp³-hybridized carbons (Fsp3) is 0.500. The van der Waals surface area contributed by atoms with Crippen LogP contribution in [0, 0.1) is 5.41 Å². The Morgan fingerprint density at radius 3 is 2.65 bits per heavy atom. The summed E-state index contributed by atoms with van der Waals surface area (Å²) in [6.07, 6.45) is 8.40. The van der Waals surface area contributed by atoms with Gasteiger partial charge in [0.25, 0.3) is 5.56 Å². The van der Waals surface area contributed by atoms with E-state index in [9.17, 15) is 14.5 Å². The molecule has 2 fully saturated rings. The lowest BCUT2D eigenvalue weighted by molar-refractivity contribution is 0.309. The van der Waals surface area contributed by atoms with Crippen LogP contribution in [0.3, 0.4) is 0 Å². The molecule has 2 atom stereocenters. The Morgan fingerprint density at radius 1 is 1.19 bits per heavy atom. The zero-order valence-electron chi connectivity index (χ0n) is 17.5. The third-order valence-corrected chi connectivity index (χ3v) is 7.58. The molecule has 2 aliphatic rings. The molecule has 0 amide bonds. The number of piperidine rings is 1. The molecule has 1 saturated heterocycles. The number of aromatic nitrogens is 2. The van der Waals surface area contributed by atoms with E-state index in [0.717, 1.165) is 44.7 Å². The van der Waals surface area contributed by atoms with Gasteiger partial charge in [-0.2, -0.15) is 0 Å². The van der Waals surface area contributed by atoms with Crippen LogP contribution in [0.1, 0.15) is 62.3 Å². The Labute approximate surface area is 184 Å². The zero-order chi connectivity index (χ0) is 21.8. The summed E-state index contributed by atoms with van der Waals surface area (Å²) in [6, 6.07) is 6.68. The van der Waals surface area contributed by atoms with Crippen LogP contribution in [-0.2, 0) is 11.4 Å². The van der Waals surface area contributed by atoms with Crippen molar-refractivity contribution in [1.82, 2.24) is 14.3 Å². The first-order chi connectivity index (χ1) is 15.0. The number of nitrogens with one attached hydrogen (secondary N) is 3. The van der Waals surface area contributed by atoms with E-state index in [-0.39, 0.29) is 28.8 Å². The van der Waals surface area contributed by atoms with Gasteiger partial charge in [0.15, 0.2) is 4.90 Å². The molecule has 1 aliphatic carbocycles. The first-order valence-corrected chi connectivity index (χ1v) is 12.0. The molecule has 8 nitrogen and oxygen atoms in total. The largest absolute Gasteiger partial charge is 0.593 e. The summed E-state index contributed by atoms with van der Waals surface area (Å²) >= 11 is -1.34. The van der Waals surface area contributed by atoms with Gasteiger partial charge in [-0.25, -0.2) is 4.98 Å². The highest BCUT2D eigenvalue weighted by atomic mass is 32.2. The van der Waals surface area contributed by atoms with Crippen molar-refractivity contribution < 1.29 is 9.66 Å². The molecule has 1 aromatic heterocycles. The number of aromatic hydroxyl groups is 1. The van der Waals surface area contributed by atoms with E-state index in [4.69, 9.17) is 10.4 Å². The van der Waals surface area contributed by atoms with Gasteiger partial charge in [0.05, 0.1) is 23.5 Å². The molecule has 31 heavy (non-hydrogen) atoms. The van der Waals surface area contributed by atoms with Gasteiger partial charge >= 0.3 is 0 Å². The molecular weight excluding hydrogens is 414 g/mol. The van der Waals surface area contributed by atoms with Crippen molar-refractivity contribution in [2.45, 2.75) is 61.8 Å². The smallest absolute Gasteiger partial charge is 0.261 e. The van der Waals surface area contributed by atoms with Crippen LogP contribution >= 0.6 is 0 Å². The first kappa shape index (κ1) is 21.9. The number of aromatic amines is 1.